The molecule has 14 nitrogen and oxygen atoms in total. The number of aryl methyl sites for hydroxylation is 2. The number of ether oxygens (including phenoxy) is 1. The van der Waals surface area contributed by atoms with Crippen molar-refractivity contribution in [1.29, 1.82) is 0 Å². The van der Waals surface area contributed by atoms with Crippen molar-refractivity contribution in [1.82, 2.24) is 34.0 Å². The number of carbonyl (C=O) groups is 2. The first kappa shape index (κ1) is 33.6. The zero-order chi connectivity index (χ0) is 34.7. The Morgan fingerprint density at radius 2 is 1.94 bits per heavy atom. The molecule has 1 fully saturated rings. The average Bonchev–Trinajstić information content (AvgIpc) is 3.78. The van der Waals surface area contributed by atoms with Crippen molar-refractivity contribution < 1.29 is 32.6 Å². The summed E-state index contributed by atoms with van der Waals surface area (Å²) >= 11 is 0. The molecule has 2 N–H and O–H groups in total. The largest absolute Gasteiger partial charge is 0.504 e. The molecule has 0 saturated carbocycles. The maximum Gasteiger partial charge on any atom is 0.416 e. The number of rotatable bonds is 6. The summed E-state index contributed by atoms with van der Waals surface area (Å²) < 4.78 is 45.9. The highest BCUT2D eigenvalue weighted by Crippen LogP contribution is 2.32. The molecule has 7 rings (SSSR count). The molecule has 0 atom stereocenters. The lowest BCUT2D eigenvalue weighted by molar-refractivity contribution is -0.137. The van der Waals surface area contributed by atoms with E-state index in [0.717, 1.165) is 49.2 Å². The van der Waals surface area contributed by atoms with Crippen LogP contribution in [0.1, 0.15) is 52.9 Å². The fraction of sp³-hybridized carbons (Fsp3) is 0.406. The third-order valence-corrected chi connectivity index (χ3v) is 8.68. The van der Waals surface area contributed by atoms with Crippen LogP contribution in [0.5, 0.6) is 5.75 Å². The van der Waals surface area contributed by atoms with E-state index in [4.69, 9.17) is 9.72 Å². The summed E-state index contributed by atoms with van der Waals surface area (Å²) in [6.07, 6.45) is 3.42. The number of benzene rings is 1. The van der Waals surface area contributed by atoms with Gasteiger partial charge in [0, 0.05) is 38.4 Å². The highest BCUT2D eigenvalue weighted by molar-refractivity contribution is 5.94. The van der Waals surface area contributed by atoms with Crippen LogP contribution in [0.15, 0.2) is 41.6 Å². The number of hydrogen-bond acceptors (Lipinski definition) is 10. The highest BCUT2D eigenvalue weighted by Gasteiger charge is 2.32. The molecule has 3 aliphatic rings. The smallest absolute Gasteiger partial charge is 0.416 e. The number of carbonyl (C=O) groups excluding carboxylic acids is 2. The number of aromatic hydroxyl groups is 1. The monoisotopic (exact) mass is 681 g/mol. The number of hydrogen-bond donors (Lipinski definition) is 2. The zero-order valence-corrected chi connectivity index (χ0v) is 26.6. The quantitative estimate of drug-likeness (QED) is 0.290. The van der Waals surface area contributed by atoms with Gasteiger partial charge in [-0.25, -0.2) is 9.97 Å². The molecular formula is C32H34F3N9O5. The molecule has 2 amide bonds. The van der Waals surface area contributed by atoms with Gasteiger partial charge in [0.2, 0.25) is 12.2 Å². The van der Waals surface area contributed by atoms with E-state index in [9.17, 15) is 32.7 Å². The Bertz CT molecular complexity index is 1970. The predicted octanol–water partition coefficient (Wildman–Crippen LogP) is 2.94. The van der Waals surface area contributed by atoms with Crippen LogP contribution in [0, 0.1) is 0 Å². The van der Waals surface area contributed by atoms with Crippen LogP contribution in [0.3, 0.4) is 0 Å². The highest BCUT2D eigenvalue weighted by atomic mass is 19.4. The fourth-order valence-corrected chi connectivity index (χ4v) is 6.20. The van der Waals surface area contributed by atoms with E-state index in [1.54, 1.807) is 11.8 Å². The molecule has 49 heavy (non-hydrogen) atoms. The first-order chi connectivity index (χ1) is 23.6. The van der Waals surface area contributed by atoms with Gasteiger partial charge in [0.15, 0.2) is 17.3 Å². The van der Waals surface area contributed by atoms with E-state index >= 15 is 0 Å². The number of nitrogens with one attached hydrogen (secondary N) is 1. The molecule has 0 radical (unpaired) electrons. The first-order valence-electron chi connectivity index (χ1n) is 15.8. The van der Waals surface area contributed by atoms with Gasteiger partial charge in [-0.05, 0) is 55.0 Å². The number of anilines is 2. The van der Waals surface area contributed by atoms with E-state index in [1.807, 2.05) is 11.0 Å². The summed E-state index contributed by atoms with van der Waals surface area (Å²) in [5.41, 5.74) is 2.62. The molecule has 0 bridgehead atoms. The molecule has 0 spiro atoms. The van der Waals surface area contributed by atoms with E-state index in [2.05, 4.69) is 25.0 Å². The number of fused-ring (bicyclic) bond motifs is 3. The Kier molecular flexibility index (Phi) is 9.62. The second-order valence-electron chi connectivity index (χ2n) is 11.6. The number of amides is 2. The summed E-state index contributed by atoms with van der Waals surface area (Å²) in [4.78, 5) is 52.6. The Balaban J connectivity index is 0.000000235. The second-order valence-corrected chi connectivity index (χ2v) is 11.6. The van der Waals surface area contributed by atoms with E-state index in [1.165, 1.54) is 23.1 Å². The van der Waals surface area contributed by atoms with E-state index in [-0.39, 0.29) is 22.9 Å². The zero-order valence-electron chi connectivity index (χ0n) is 26.6. The summed E-state index contributed by atoms with van der Waals surface area (Å²) in [6, 6.07) is 3.26. The van der Waals surface area contributed by atoms with Gasteiger partial charge in [-0.3, -0.25) is 14.4 Å². The molecular weight excluding hydrogens is 647 g/mol. The number of nitrogens with zero attached hydrogens (tertiary/aromatic N) is 8. The van der Waals surface area contributed by atoms with Crippen LogP contribution in [-0.2, 0) is 35.1 Å². The van der Waals surface area contributed by atoms with Gasteiger partial charge in [0.05, 0.1) is 30.7 Å². The van der Waals surface area contributed by atoms with E-state index in [0.29, 0.717) is 80.8 Å². The van der Waals surface area contributed by atoms with Crippen LogP contribution >= 0.6 is 0 Å². The molecule has 258 valence electrons. The van der Waals surface area contributed by atoms with Crippen LogP contribution in [0.4, 0.5) is 24.5 Å². The number of halogens is 3. The Hall–Kier alpha value is -5.32. The third kappa shape index (κ3) is 6.83. The molecule has 4 aromatic rings. The fourth-order valence-electron chi connectivity index (χ4n) is 6.20. The van der Waals surface area contributed by atoms with Gasteiger partial charge < -0.3 is 29.5 Å². The lowest BCUT2D eigenvalue weighted by Crippen LogP contribution is -2.50. The minimum atomic E-state index is -4.34. The van der Waals surface area contributed by atoms with Crippen molar-refractivity contribution in [2.24, 2.45) is 0 Å². The average molecular weight is 682 g/mol. The van der Waals surface area contributed by atoms with Crippen molar-refractivity contribution in [3.63, 3.8) is 0 Å². The maximum atomic E-state index is 13.6. The standard InChI is InChI=1S/C22H24N8O4.C10H10F3NO/c31-16-12-23-13-24-17(16)20(32)28-8-6-27(7-9-28)18-15-2-1-5-29(15)22-25-19(26-30(22)21(18)33)14-3-10-34-11-4-14;1-2-7-5-8(10(11,12)13)3-4-9(7)14-6-15/h3,12-13,31H,1-2,4-11H2;3-6H,2H2,1H3,(H,14,15). The molecule has 3 aromatic heterocycles. The predicted molar refractivity (Wildman–Crippen MR) is 171 cm³/mol. The lowest BCUT2D eigenvalue weighted by atomic mass is 10.1. The molecule has 1 saturated heterocycles. The SMILES string of the molecule is CCc1cc(C(F)(F)F)ccc1NC=O.O=C(c1ncncc1O)N1CCN(c2c3n(c4nc(C5=CCOCC5)nn4c2=O)CCC3)CC1. The minimum Gasteiger partial charge on any atom is -0.504 e. The molecule has 17 heteroatoms. The number of piperazine rings is 1. The van der Waals surface area contributed by atoms with Gasteiger partial charge in [-0.1, -0.05) is 13.0 Å². The second kappa shape index (κ2) is 14.0. The lowest BCUT2D eigenvalue weighted by Gasteiger charge is -2.36. The molecule has 0 aliphatic carbocycles. The van der Waals surface area contributed by atoms with Crippen LogP contribution in [0.25, 0.3) is 11.4 Å². The Morgan fingerprint density at radius 1 is 1.14 bits per heavy atom. The summed E-state index contributed by atoms with van der Waals surface area (Å²) in [5, 5.41) is 16.9. The number of aromatic nitrogens is 6. The topological polar surface area (TPSA) is 160 Å². The van der Waals surface area contributed by atoms with Crippen LogP contribution in [-0.4, -0.2) is 90.8 Å². The van der Waals surface area contributed by atoms with Crippen LogP contribution in [0.2, 0.25) is 0 Å². The molecule has 1 aromatic carbocycles. The Labute approximate surface area is 277 Å². The first-order valence-corrected chi connectivity index (χ1v) is 15.8. The van der Waals surface area contributed by atoms with Crippen LogP contribution < -0.4 is 15.8 Å². The van der Waals surface area contributed by atoms with Crippen molar-refractivity contribution in [3.05, 3.63) is 75.5 Å². The minimum absolute atomic E-state index is 0.0107. The third-order valence-electron chi connectivity index (χ3n) is 8.68. The Morgan fingerprint density at radius 3 is 2.61 bits per heavy atom. The van der Waals surface area contributed by atoms with Gasteiger partial charge in [-0.2, -0.15) is 22.7 Å². The van der Waals surface area contributed by atoms with Gasteiger partial charge in [-0.15, -0.1) is 5.10 Å². The van der Waals surface area contributed by atoms with Crippen molar-refractivity contribution in [2.75, 3.05) is 49.6 Å². The molecule has 3 aliphatic heterocycles. The van der Waals surface area contributed by atoms with Crippen molar-refractivity contribution in [2.45, 2.75) is 45.3 Å². The molecule has 6 heterocycles. The maximum absolute atomic E-state index is 13.6. The normalized spacial score (nSPS) is 16.1. The van der Waals surface area contributed by atoms with Gasteiger partial charge >= 0.3 is 6.18 Å². The molecule has 0 unspecified atom stereocenters. The summed E-state index contributed by atoms with van der Waals surface area (Å²) in [5.74, 6) is 0.580. The van der Waals surface area contributed by atoms with E-state index < -0.39 is 11.7 Å². The summed E-state index contributed by atoms with van der Waals surface area (Å²) in [7, 11) is 0. The van der Waals surface area contributed by atoms with Gasteiger partial charge in [0.25, 0.3) is 11.5 Å². The number of alkyl halides is 3. The van der Waals surface area contributed by atoms with Gasteiger partial charge in [0.1, 0.15) is 12.0 Å². The summed E-state index contributed by atoms with van der Waals surface area (Å²) in [6.45, 7) is 5.48. The van der Waals surface area contributed by atoms with Crippen molar-refractivity contribution >= 4 is 35.0 Å². The van der Waals surface area contributed by atoms with Crippen molar-refractivity contribution in [3.8, 4) is 5.75 Å².